The van der Waals surface area contributed by atoms with E-state index >= 15 is 0 Å². The predicted molar refractivity (Wildman–Crippen MR) is 57.5 cm³/mol. The predicted octanol–water partition coefficient (Wildman–Crippen LogP) is 1.74. The van der Waals surface area contributed by atoms with Crippen LogP contribution in [0.15, 0.2) is 5.38 Å². The van der Waals surface area contributed by atoms with Gasteiger partial charge in [-0.15, -0.1) is 11.3 Å². The highest BCUT2D eigenvalue weighted by Crippen LogP contribution is 2.30. The van der Waals surface area contributed by atoms with E-state index in [1.54, 1.807) is 11.3 Å². The minimum atomic E-state index is -2.74. The third kappa shape index (κ3) is 2.15. The zero-order valence-corrected chi connectivity index (χ0v) is 9.70. The van der Waals surface area contributed by atoms with Gasteiger partial charge in [-0.2, -0.15) is 0 Å². The van der Waals surface area contributed by atoms with E-state index in [-0.39, 0.29) is 0 Å². The highest BCUT2D eigenvalue weighted by atomic mass is 32.2. The molecule has 78 valence electrons. The van der Waals surface area contributed by atoms with Gasteiger partial charge < -0.3 is 0 Å². The first kappa shape index (κ1) is 10.1. The van der Waals surface area contributed by atoms with Crippen molar-refractivity contribution in [1.82, 2.24) is 4.98 Å². The monoisotopic (exact) mass is 231 g/mol. The minimum absolute atomic E-state index is 0.330. The lowest BCUT2D eigenvalue weighted by atomic mass is 10.0. The lowest BCUT2D eigenvalue weighted by Gasteiger charge is -2.19. The van der Waals surface area contributed by atoms with E-state index in [2.05, 4.69) is 4.98 Å². The van der Waals surface area contributed by atoms with Gasteiger partial charge in [0.1, 0.15) is 9.84 Å². The molecule has 3 nitrogen and oxygen atoms in total. The van der Waals surface area contributed by atoms with E-state index in [4.69, 9.17) is 0 Å². The maximum absolute atomic E-state index is 11.2. The van der Waals surface area contributed by atoms with Crippen LogP contribution in [0.5, 0.6) is 0 Å². The molecule has 14 heavy (non-hydrogen) atoms. The van der Waals surface area contributed by atoms with Gasteiger partial charge in [0.05, 0.1) is 16.5 Å². The highest BCUT2D eigenvalue weighted by Gasteiger charge is 2.26. The summed E-state index contributed by atoms with van der Waals surface area (Å²) in [6, 6.07) is 0. The quantitative estimate of drug-likeness (QED) is 0.739. The molecule has 0 unspecified atom stereocenters. The van der Waals surface area contributed by atoms with Crippen molar-refractivity contribution in [1.29, 1.82) is 0 Å². The van der Waals surface area contributed by atoms with Crippen LogP contribution in [0.2, 0.25) is 0 Å². The average molecular weight is 231 g/mol. The summed E-state index contributed by atoms with van der Waals surface area (Å²) in [6.45, 7) is 1.97. The Balaban J connectivity index is 2.09. The van der Waals surface area contributed by atoms with Crippen molar-refractivity contribution >= 4 is 21.2 Å². The third-order valence-corrected chi connectivity index (χ3v) is 5.38. The number of sulfone groups is 1. The Morgan fingerprint density at radius 1 is 1.43 bits per heavy atom. The van der Waals surface area contributed by atoms with Crippen LogP contribution in [0.1, 0.15) is 29.5 Å². The Morgan fingerprint density at radius 2 is 2.07 bits per heavy atom. The molecule has 1 fully saturated rings. The van der Waals surface area contributed by atoms with E-state index < -0.39 is 9.84 Å². The Labute approximate surface area is 88.1 Å². The molecule has 1 aliphatic heterocycles. The summed E-state index contributed by atoms with van der Waals surface area (Å²) in [5, 5.41) is 3.13. The summed E-state index contributed by atoms with van der Waals surface area (Å²) in [6.07, 6.45) is 1.49. The summed E-state index contributed by atoms with van der Waals surface area (Å²) < 4.78 is 22.4. The lowest BCUT2D eigenvalue weighted by molar-refractivity contribution is 0.549. The van der Waals surface area contributed by atoms with Crippen molar-refractivity contribution in [3.05, 3.63) is 16.1 Å². The molecule has 0 aromatic carbocycles. The van der Waals surface area contributed by atoms with Gasteiger partial charge in [-0.25, -0.2) is 13.4 Å². The van der Waals surface area contributed by atoms with Crippen LogP contribution in [-0.2, 0) is 9.84 Å². The van der Waals surface area contributed by atoms with Crippen LogP contribution in [0.3, 0.4) is 0 Å². The fourth-order valence-corrected chi connectivity index (χ4v) is 4.16. The highest BCUT2D eigenvalue weighted by molar-refractivity contribution is 7.91. The molecule has 0 aliphatic carbocycles. The van der Waals surface area contributed by atoms with E-state index in [1.807, 2.05) is 12.3 Å². The van der Waals surface area contributed by atoms with Crippen molar-refractivity contribution in [2.75, 3.05) is 11.5 Å². The van der Waals surface area contributed by atoms with E-state index in [1.165, 1.54) is 0 Å². The molecule has 0 spiro atoms. The Kier molecular flexibility index (Phi) is 2.62. The van der Waals surface area contributed by atoms with Gasteiger partial charge in [0.2, 0.25) is 0 Å². The number of nitrogens with zero attached hydrogens (tertiary/aromatic N) is 1. The minimum Gasteiger partial charge on any atom is -0.246 e. The Hall–Kier alpha value is -0.420. The molecule has 1 saturated heterocycles. The molecule has 0 atom stereocenters. The standard InChI is InChI=1S/C9H13NO2S2/c1-7-6-13-9(10-7)8-2-4-14(11,12)5-3-8/h6,8H,2-5H2,1H3. The summed E-state index contributed by atoms with van der Waals surface area (Å²) in [4.78, 5) is 4.41. The molecule has 0 radical (unpaired) electrons. The Bertz CT molecular complexity index is 408. The van der Waals surface area contributed by atoms with Crippen LogP contribution in [0.4, 0.5) is 0 Å². The second-order valence-corrected chi connectivity index (χ2v) is 6.95. The van der Waals surface area contributed by atoms with Gasteiger partial charge in [-0.1, -0.05) is 0 Å². The first-order chi connectivity index (χ1) is 6.57. The number of rotatable bonds is 1. The molecule has 1 aromatic rings. The number of thiazole rings is 1. The van der Waals surface area contributed by atoms with Crippen LogP contribution in [-0.4, -0.2) is 24.9 Å². The van der Waals surface area contributed by atoms with Crippen molar-refractivity contribution in [3.63, 3.8) is 0 Å². The fourth-order valence-electron chi connectivity index (χ4n) is 1.70. The number of hydrogen-bond acceptors (Lipinski definition) is 4. The fraction of sp³-hybridized carbons (Fsp3) is 0.667. The van der Waals surface area contributed by atoms with Crippen LogP contribution in [0.25, 0.3) is 0 Å². The van der Waals surface area contributed by atoms with Gasteiger partial charge >= 0.3 is 0 Å². The molecule has 2 rings (SSSR count). The SMILES string of the molecule is Cc1csc(C2CCS(=O)(=O)CC2)n1. The molecule has 1 aliphatic rings. The zero-order valence-electron chi connectivity index (χ0n) is 8.06. The van der Waals surface area contributed by atoms with Gasteiger partial charge in [0.15, 0.2) is 0 Å². The molecule has 0 bridgehead atoms. The second kappa shape index (κ2) is 3.62. The maximum Gasteiger partial charge on any atom is 0.150 e. The third-order valence-electron chi connectivity index (χ3n) is 2.54. The summed E-state index contributed by atoms with van der Waals surface area (Å²) in [7, 11) is -2.74. The van der Waals surface area contributed by atoms with Gasteiger partial charge in [0, 0.05) is 17.0 Å². The lowest BCUT2D eigenvalue weighted by Crippen LogP contribution is -2.22. The van der Waals surface area contributed by atoms with E-state index in [0.717, 1.165) is 23.5 Å². The van der Waals surface area contributed by atoms with Crippen LogP contribution < -0.4 is 0 Å². The molecule has 0 N–H and O–H groups in total. The van der Waals surface area contributed by atoms with Gasteiger partial charge in [-0.05, 0) is 19.8 Å². The van der Waals surface area contributed by atoms with Gasteiger partial charge in [0.25, 0.3) is 0 Å². The molecule has 0 saturated carbocycles. The molecular formula is C9H13NO2S2. The normalized spacial score (nSPS) is 22.4. The smallest absolute Gasteiger partial charge is 0.150 e. The topological polar surface area (TPSA) is 47.0 Å². The zero-order chi connectivity index (χ0) is 10.2. The maximum atomic E-state index is 11.2. The first-order valence-electron chi connectivity index (χ1n) is 4.69. The van der Waals surface area contributed by atoms with Crippen molar-refractivity contribution < 1.29 is 8.42 Å². The molecule has 2 heterocycles. The van der Waals surface area contributed by atoms with E-state index in [0.29, 0.717) is 17.4 Å². The van der Waals surface area contributed by atoms with Crippen LogP contribution >= 0.6 is 11.3 Å². The van der Waals surface area contributed by atoms with Crippen molar-refractivity contribution in [2.24, 2.45) is 0 Å². The molecule has 1 aromatic heterocycles. The number of aryl methyl sites for hydroxylation is 1. The van der Waals surface area contributed by atoms with Crippen molar-refractivity contribution in [2.45, 2.75) is 25.7 Å². The molecule has 0 amide bonds. The Morgan fingerprint density at radius 3 is 2.57 bits per heavy atom. The summed E-state index contributed by atoms with van der Waals surface area (Å²) in [5.74, 6) is 1.03. The van der Waals surface area contributed by atoms with E-state index in [9.17, 15) is 8.42 Å². The van der Waals surface area contributed by atoms with Crippen LogP contribution in [0, 0.1) is 6.92 Å². The van der Waals surface area contributed by atoms with Gasteiger partial charge in [-0.3, -0.25) is 0 Å². The molecular weight excluding hydrogens is 218 g/mol. The average Bonchev–Trinajstić information content (AvgIpc) is 2.52. The van der Waals surface area contributed by atoms with Crippen molar-refractivity contribution in [3.8, 4) is 0 Å². The first-order valence-corrected chi connectivity index (χ1v) is 7.39. The summed E-state index contributed by atoms with van der Waals surface area (Å²) in [5.41, 5.74) is 1.04. The largest absolute Gasteiger partial charge is 0.246 e. The number of hydrogen-bond donors (Lipinski definition) is 0. The number of aromatic nitrogens is 1. The molecule has 5 heteroatoms. The summed E-state index contributed by atoms with van der Waals surface area (Å²) >= 11 is 1.65. The second-order valence-electron chi connectivity index (χ2n) is 3.75.